The van der Waals surface area contributed by atoms with Crippen molar-refractivity contribution in [2.24, 2.45) is 5.41 Å². The maximum absolute atomic E-state index is 12.6. The fraction of sp³-hybridized carbons (Fsp3) is 0.238. The molecule has 0 bridgehead atoms. The number of phenols is 1. The molecule has 160 valence electrons. The highest BCUT2D eigenvalue weighted by molar-refractivity contribution is 9.10. The lowest BCUT2D eigenvalue weighted by molar-refractivity contribution is -0.124. The molecule has 0 fully saturated rings. The number of ether oxygens (including phenoxy) is 1. The van der Waals surface area contributed by atoms with Crippen LogP contribution >= 0.6 is 27.7 Å². The van der Waals surface area contributed by atoms with Crippen LogP contribution in [0.3, 0.4) is 0 Å². The van der Waals surface area contributed by atoms with Gasteiger partial charge < -0.3 is 9.84 Å². The number of hydrogen-bond donors (Lipinski definition) is 4. The third kappa shape index (κ3) is 6.51. The second kappa shape index (κ2) is 10.5. The molecule has 0 aliphatic rings. The van der Waals surface area contributed by atoms with Gasteiger partial charge in [-0.15, -0.1) is 11.8 Å². The van der Waals surface area contributed by atoms with Gasteiger partial charge in [-0.05, 0) is 48.7 Å². The molecule has 0 radical (unpaired) electrons. The Bertz CT molecular complexity index is 931. The van der Waals surface area contributed by atoms with Crippen LogP contribution in [0.15, 0.2) is 64.0 Å². The van der Waals surface area contributed by atoms with E-state index in [0.717, 1.165) is 11.0 Å². The van der Waals surface area contributed by atoms with Gasteiger partial charge >= 0.3 is 6.09 Å². The molecular formula is C21H23BrN2O5S. The number of phenolic OH excluding ortho intramolecular Hbond substituents is 1. The van der Waals surface area contributed by atoms with Crippen LogP contribution < -0.4 is 10.8 Å². The zero-order chi connectivity index (χ0) is 22.3. The second-order valence-electron chi connectivity index (χ2n) is 6.97. The van der Waals surface area contributed by atoms with Crippen molar-refractivity contribution in [3.8, 4) is 5.75 Å². The van der Waals surface area contributed by atoms with E-state index >= 15 is 0 Å². The van der Waals surface area contributed by atoms with E-state index in [1.807, 2.05) is 18.4 Å². The van der Waals surface area contributed by atoms with Crippen LogP contribution in [0, 0.1) is 5.41 Å². The van der Waals surface area contributed by atoms with Crippen LogP contribution in [0.25, 0.3) is 0 Å². The molecule has 30 heavy (non-hydrogen) atoms. The van der Waals surface area contributed by atoms with Gasteiger partial charge in [0.1, 0.15) is 11.9 Å². The first-order valence-corrected chi connectivity index (χ1v) is 10.9. The molecule has 2 aromatic rings. The van der Waals surface area contributed by atoms with Gasteiger partial charge in [0, 0.05) is 32.1 Å². The fourth-order valence-electron chi connectivity index (χ4n) is 2.70. The second-order valence-corrected chi connectivity index (χ2v) is 8.77. The average molecular weight is 495 g/mol. The normalized spacial score (nSPS) is 12.4. The number of aromatic hydroxyl groups is 1. The summed E-state index contributed by atoms with van der Waals surface area (Å²) in [6.45, 7) is 3.47. The summed E-state index contributed by atoms with van der Waals surface area (Å²) < 4.78 is 6.37. The van der Waals surface area contributed by atoms with Crippen molar-refractivity contribution in [1.29, 1.82) is 0 Å². The van der Waals surface area contributed by atoms with Gasteiger partial charge in [0.25, 0.3) is 5.91 Å². The zero-order valence-corrected chi connectivity index (χ0v) is 19.1. The standard InChI is InChI=1S/C21H23BrN2O5S/c1-21(2,11-10-18(26)24-28)19(16-12-13(22)4-9-17(16)25)29-20(27)23-14-5-7-15(30-3)8-6-14/h4-12,19,25,28H,1-3H3,(H,23,27)(H,24,26)/b11-10+/t19-/m1/s1. The van der Waals surface area contributed by atoms with Crippen molar-refractivity contribution in [1.82, 2.24) is 5.48 Å². The summed E-state index contributed by atoms with van der Waals surface area (Å²) >= 11 is 4.94. The third-order valence-corrected chi connectivity index (χ3v) is 5.52. The number of benzene rings is 2. The molecule has 0 aliphatic carbocycles. The van der Waals surface area contributed by atoms with E-state index in [4.69, 9.17) is 9.94 Å². The van der Waals surface area contributed by atoms with Crippen molar-refractivity contribution in [2.75, 3.05) is 11.6 Å². The third-order valence-electron chi connectivity index (χ3n) is 4.28. The molecule has 4 N–H and O–H groups in total. The van der Waals surface area contributed by atoms with E-state index < -0.39 is 23.5 Å². The number of amides is 2. The molecule has 0 saturated heterocycles. The number of nitrogens with one attached hydrogen (secondary N) is 2. The monoisotopic (exact) mass is 494 g/mol. The van der Waals surface area contributed by atoms with Gasteiger partial charge in [-0.3, -0.25) is 15.3 Å². The van der Waals surface area contributed by atoms with Crippen molar-refractivity contribution in [3.05, 3.63) is 64.7 Å². The van der Waals surface area contributed by atoms with Gasteiger partial charge in [-0.2, -0.15) is 0 Å². The van der Waals surface area contributed by atoms with E-state index in [-0.39, 0.29) is 5.75 Å². The summed E-state index contributed by atoms with van der Waals surface area (Å²) in [7, 11) is 0. The van der Waals surface area contributed by atoms with Gasteiger partial charge in [-0.1, -0.05) is 35.9 Å². The Kier molecular flexibility index (Phi) is 8.33. The van der Waals surface area contributed by atoms with Crippen LogP contribution in [-0.4, -0.2) is 28.6 Å². The van der Waals surface area contributed by atoms with Crippen LogP contribution in [0.2, 0.25) is 0 Å². The minimum Gasteiger partial charge on any atom is -0.508 e. The zero-order valence-electron chi connectivity index (χ0n) is 16.7. The van der Waals surface area contributed by atoms with Gasteiger partial charge in [-0.25, -0.2) is 10.3 Å². The van der Waals surface area contributed by atoms with Crippen LogP contribution in [-0.2, 0) is 9.53 Å². The number of hydroxylamine groups is 1. The van der Waals surface area contributed by atoms with Gasteiger partial charge in [0.05, 0.1) is 0 Å². The van der Waals surface area contributed by atoms with E-state index in [0.29, 0.717) is 15.7 Å². The number of halogens is 1. The highest BCUT2D eigenvalue weighted by Gasteiger charge is 2.34. The maximum atomic E-state index is 12.6. The topological polar surface area (TPSA) is 108 Å². The molecule has 2 rings (SSSR count). The number of anilines is 1. The van der Waals surface area contributed by atoms with Crippen molar-refractivity contribution >= 4 is 45.4 Å². The first-order chi connectivity index (χ1) is 14.2. The molecule has 9 heteroatoms. The Labute approximate surface area is 187 Å². The number of carbonyl (C=O) groups is 2. The predicted octanol–water partition coefficient (Wildman–Crippen LogP) is 5.25. The molecule has 0 aliphatic heterocycles. The Morgan fingerprint density at radius 3 is 2.47 bits per heavy atom. The fourth-order valence-corrected chi connectivity index (χ4v) is 3.48. The molecule has 2 aromatic carbocycles. The number of rotatable bonds is 7. The van der Waals surface area contributed by atoms with Gasteiger partial charge in [0.2, 0.25) is 0 Å². The van der Waals surface area contributed by atoms with Crippen LogP contribution in [0.4, 0.5) is 10.5 Å². The summed E-state index contributed by atoms with van der Waals surface area (Å²) in [6.07, 6.45) is 2.92. The van der Waals surface area contributed by atoms with E-state index in [1.54, 1.807) is 49.9 Å². The molecule has 2 amide bonds. The summed E-state index contributed by atoms with van der Waals surface area (Å²) in [5, 5.41) is 21.8. The highest BCUT2D eigenvalue weighted by Crippen LogP contribution is 2.42. The lowest BCUT2D eigenvalue weighted by atomic mass is 9.81. The molecule has 0 heterocycles. The van der Waals surface area contributed by atoms with E-state index in [9.17, 15) is 14.7 Å². The Balaban J connectivity index is 2.32. The number of hydrogen-bond acceptors (Lipinski definition) is 6. The quantitative estimate of drug-likeness (QED) is 0.181. The molecule has 7 nitrogen and oxygen atoms in total. The summed E-state index contributed by atoms with van der Waals surface area (Å²) in [4.78, 5) is 25.1. The summed E-state index contributed by atoms with van der Waals surface area (Å²) in [5.74, 6) is -0.785. The smallest absolute Gasteiger partial charge is 0.412 e. The molecule has 1 atom stereocenters. The number of carbonyl (C=O) groups excluding carboxylic acids is 2. The first-order valence-electron chi connectivity index (χ1n) is 8.89. The first kappa shape index (κ1) is 23.8. The van der Waals surface area contributed by atoms with Crippen LogP contribution in [0.5, 0.6) is 5.75 Å². The van der Waals surface area contributed by atoms with E-state index in [1.165, 1.54) is 17.6 Å². The maximum Gasteiger partial charge on any atom is 0.412 e. The molecule has 0 saturated carbocycles. The summed E-state index contributed by atoms with van der Waals surface area (Å²) in [6, 6.07) is 12.0. The van der Waals surface area contributed by atoms with Crippen molar-refractivity contribution < 1.29 is 24.6 Å². The molecule has 0 spiro atoms. The minimum atomic E-state index is -0.941. The van der Waals surface area contributed by atoms with E-state index in [2.05, 4.69) is 21.2 Å². The highest BCUT2D eigenvalue weighted by atomic mass is 79.9. The predicted molar refractivity (Wildman–Crippen MR) is 120 cm³/mol. The summed E-state index contributed by atoms with van der Waals surface area (Å²) in [5.41, 5.74) is 1.52. The number of thioether (sulfide) groups is 1. The lowest BCUT2D eigenvalue weighted by Gasteiger charge is -2.32. The SMILES string of the molecule is CSc1ccc(NC(=O)O[C@H](c2cc(Br)ccc2O)C(C)(C)/C=C/C(=O)NO)cc1. The Hall–Kier alpha value is -2.49. The Morgan fingerprint density at radius 1 is 1.20 bits per heavy atom. The van der Waals surface area contributed by atoms with Crippen LogP contribution in [0.1, 0.15) is 25.5 Å². The largest absolute Gasteiger partial charge is 0.508 e. The molecule has 0 aromatic heterocycles. The van der Waals surface area contributed by atoms with Crippen molar-refractivity contribution in [3.63, 3.8) is 0 Å². The lowest BCUT2D eigenvalue weighted by Crippen LogP contribution is -2.28. The van der Waals surface area contributed by atoms with Crippen molar-refractivity contribution in [2.45, 2.75) is 24.8 Å². The van der Waals surface area contributed by atoms with Gasteiger partial charge in [0.15, 0.2) is 0 Å². The average Bonchev–Trinajstić information content (AvgIpc) is 2.72. The molecular weight excluding hydrogens is 472 g/mol. The Morgan fingerprint density at radius 2 is 1.87 bits per heavy atom. The minimum absolute atomic E-state index is 0.0617. The molecule has 0 unspecified atom stereocenters.